The summed E-state index contributed by atoms with van der Waals surface area (Å²) >= 11 is 0. The van der Waals surface area contributed by atoms with Crippen LogP contribution in [0.25, 0.3) is 0 Å². The molecule has 0 saturated carbocycles. The third-order valence-corrected chi connectivity index (χ3v) is 5.32. The summed E-state index contributed by atoms with van der Waals surface area (Å²) in [5.74, 6) is -0.898. The Morgan fingerprint density at radius 3 is 1.47 bits per heavy atom. The number of para-hydroxylation sites is 2. The molecule has 1 atom stereocenters. The van der Waals surface area contributed by atoms with Gasteiger partial charge in [-0.25, -0.2) is 4.79 Å². The topological polar surface area (TPSA) is 40.5 Å². The molecule has 0 unspecified atom stereocenters. The zero-order valence-electron chi connectivity index (χ0n) is 16.6. The van der Waals surface area contributed by atoms with E-state index in [1.807, 2.05) is 126 Å². The number of carbonyl (C=O) groups is 1. The number of nitrogens with zero attached hydrogens (tertiary/aromatic N) is 1. The van der Waals surface area contributed by atoms with E-state index in [2.05, 4.69) is 0 Å². The second kappa shape index (κ2) is 8.66. The van der Waals surface area contributed by atoms with Crippen molar-refractivity contribution in [1.82, 2.24) is 0 Å². The molecule has 4 rings (SSSR count). The summed E-state index contributed by atoms with van der Waals surface area (Å²) in [6.45, 7) is 0. The van der Waals surface area contributed by atoms with Crippen molar-refractivity contribution in [2.24, 2.45) is 0 Å². The average Bonchev–Trinajstić information content (AvgIpc) is 2.81. The first-order valence-corrected chi connectivity index (χ1v) is 9.95. The number of carboxylic acid groups (broad SMARTS) is 1. The van der Waals surface area contributed by atoms with Crippen molar-refractivity contribution in [3.8, 4) is 0 Å². The van der Waals surface area contributed by atoms with E-state index >= 15 is 0 Å². The number of hydrogen-bond donors (Lipinski definition) is 1. The zero-order valence-corrected chi connectivity index (χ0v) is 16.6. The largest absolute Gasteiger partial charge is 0.479 e. The highest BCUT2D eigenvalue weighted by atomic mass is 16.4. The molecule has 0 radical (unpaired) electrons. The lowest BCUT2D eigenvalue weighted by Gasteiger charge is -2.43. The van der Waals surface area contributed by atoms with Gasteiger partial charge in [0, 0.05) is 17.8 Å². The van der Waals surface area contributed by atoms with Gasteiger partial charge in [0.05, 0.1) is 0 Å². The van der Waals surface area contributed by atoms with Crippen LogP contribution >= 0.6 is 0 Å². The highest BCUT2D eigenvalue weighted by Crippen LogP contribution is 2.42. The lowest BCUT2D eigenvalue weighted by molar-refractivity contribution is -0.143. The number of rotatable bonds is 7. The van der Waals surface area contributed by atoms with Gasteiger partial charge in [0.1, 0.15) is 0 Å². The molecule has 0 spiro atoms. The summed E-state index contributed by atoms with van der Waals surface area (Å²) in [5.41, 5.74) is 2.01. The SMILES string of the molecule is O=C(O)[C@@](Cc1ccccc1)(c1ccccc1)N(c1ccccc1)c1ccccc1. The molecule has 0 heterocycles. The Kier molecular flexibility index (Phi) is 5.62. The van der Waals surface area contributed by atoms with Crippen LogP contribution in [0.3, 0.4) is 0 Å². The molecule has 0 amide bonds. The van der Waals surface area contributed by atoms with Crippen molar-refractivity contribution in [3.05, 3.63) is 132 Å². The van der Waals surface area contributed by atoms with Crippen molar-refractivity contribution in [2.45, 2.75) is 12.0 Å². The van der Waals surface area contributed by atoms with Gasteiger partial charge in [-0.15, -0.1) is 0 Å². The predicted octanol–water partition coefficient (Wildman–Crippen LogP) is 6.05. The molecule has 4 aromatic rings. The van der Waals surface area contributed by atoms with Gasteiger partial charge < -0.3 is 10.0 Å². The molecule has 0 saturated heterocycles. The van der Waals surface area contributed by atoms with E-state index in [0.29, 0.717) is 6.42 Å². The molecule has 0 aliphatic rings. The first kappa shape index (κ1) is 19.5. The molecule has 1 N–H and O–H groups in total. The standard InChI is InChI=1S/C27H23NO2/c29-26(30)27(23-15-7-2-8-16-23,21-22-13-5-1-6-14-22)28(24-17-9-3-10-18-24)25-19-11-4-12-20-25/h1-20H,21H2,(H,29,30)/t27-/m1/s1. The fourth-order valence-corrected chi connectivity index (χ4v) is 3.95. The molecule has 3 heteroatoms. The van der Waals surface area contributed by atoms with Crippen LogP contribution in [-0.2, 0) is 16.8 Å². The van der Waals surface area contributed by atoms with Gasteiger partial charge in [-0.1, -0.05) is 97.1 Å². The Bertz CT molecular complexity index is 1040. The van der Waals surface area contributed by atoms with Gasteiger partial charge in [0.25, 0.3) is 0 Å². The van der Waals surface area contributed by atoms with E-state index in [4.69, 9.17) is 0 Å². The van der Waals surface area contributed by atoms with Crippen LogP contribution in [0.1, 0.15) is 11.1 Å². The smallest absolute Gasteiger partial charge is 0.334 e. The van der Waals surface area contributed by atoms with E-state index in [9.17, 15) is 9.90 Å². The maximum absolute atomic E-state index is 13.2. The summed E-state index contributed by atoms with van der Waals surface area (Å²) in [6.07, 6.45) is 0.316. The first-order chi connectivity index (χ1) is 14.7. The van der Waals surface area contributed by atoms with Gasteiger partial charge in [-0.05, 0) is 35.4 Å². The Balaban J connectivity index is 2.02. The van der Waals surface area contributed by atoms with Crippen molar-refractivity contribution >= 4 is 17.3 Å². The summed E-state index contributed by atoms with van der Waals surface area (Å²) in [6, 6.07) is 38.7. The Hall–Kier alpha value is -3.85. The van der Waals surface area contributed by atoms with Crippen molar-refractivity contribution in [3.63, 3.8) is 0 Å². The second-order valence-electron chi connectivity index (χ2n) is 7.20. The van der Waals surface area contributed by atoms with Crippen LogP contribution in [0.2, 0.25) is 0 Å². The number of aliphatic carboxylic acids is 1. The lowest BCUT2D eigenvalue weighted by atomic mass is 9.81. The maximum atomic E-state index is 13.2. The Morgan fingerprint density at radius 1 is 0.633 bits per heavy atom. The molecule has 30 heavy (non-hydrogen) atoms. The van der Waals surface area contributed by atoms with E-state index in [0.717, 1.165) is 22.5 Å². The summed E-state index contributed by atoms with van der Waals surface area (Å²) in [7, 11) is 0. The highest BCUT2D eigenvalue weighted by molar-refractivity contribution is 5.89. The second-order valence-corrected chi connectivity index (χ2v) is 7.20. The van der Waals surface area contributed by atoms with Crippen molar-refractivity contribution < 1.29 is 9.90 Å². The molecule has 0 aliphatic carbocycles. The van der Waals surface area contributed by atoms with Gasteiger partial charge in [-0.2, -0.15) is 0 Å². The fourth-order valence-electron chi connectivity index (χ4n) is 3.95. The Morgan fingerprint density at radius 2 is 1.03 bits per heavy atom. The van der Waals surface area contributed by atoms with E-state index in [1.165, 1.54) is 0 Å². The van der Waals surface area contributed by atoms with Crippen LogP contribution in [0, 0.1) is 0 Å². The molecule has 0 aromatic heterocycles. The summed E-state index contributed by atoms with van der Waals surface area (Å²) in [5, 5.41) is 10.8. The first-order valence-electron chi connectivity index (χ1n) is 9.95. The van der Waals surface area contributed by atoms with Crippen LogP contribution in [-0.4, -0.2) is 11.1 Å². The van der Waals surface area contributed by atoms with E-state index < -0.39 is 11.5 Å². The minimum absolute atomic E-state index is 0.316. The molecule has 4 aromatic carbocycles. The monoisotopic (exact) mass is 393 g/mol. The fraction of sp³-hybridized carbons (Fsp3) is 0.0741. The summed E-state index contributed by atoms with van der Waals surface area (Å²) < 4.78 is 0. The lowest BCUT2D eigenvalue weighted by Crippen LogP contribution is -2.52. The van der Waals surface area contributed by atoms with E-state index in [1.54, 1.807) is 0 Å². The predicted molar refractivity (Wildman–Crippen MR) is 121 cm³/mol. The van der Waals surface area contributed by atoms with Crippen LogP contribution in [0.4, 0.5) is 11.4 Å². The quantitative estimate of drug-likeness (QED) is 0.416. The highest BCUT2D eigenvalue weighted by Gasteiger charge is 2.47. The van der Waals surface area contributed by atoms with Gasteiger partial charge in [0.2, 0.25) is 0 Å². The van der Waals surface area contributed by atoms with Gasteiger partial charge >= 0.3 is 5.97 Å². The van der Waals surface area contributed by atoms with Crippen molar-refractivity contribution in [1.29, 1.82) is 0 Å². The number of benzene rings is 4. The number of hydrogen-bond acceptors (Lipinski definition) is 2. The molecule has 0 aliphatic heterocycles. The molecular formula is C27H23NO2. The van der Waals surface area contributed by atoms with Crippen LogP contribution < -0.4 is 4.90 Å². The third kappa shape index (κ3) is 3.70. The molecule has 148 valence electrons. The number of carboxylic acids is 1. The molecule has 3 nitrogen and oxygen atoms in total. The average molecular weight is 393 g/mol. The normalized spacial score (nSPS) is 12.7. The molecule has 0 bridgehead atoms. The minimum Gasteiger partial charge on any atom is -0.479 e. The summed E-state index contributed by atoms with van der Waals surface area (Å²) in [4.78, 5) is 15.1. The van der Waals surface area contributed by atoms with E-state index in [-0.39, 0.29) is 0 Å². The zero-order chi connectivity index (χ0) is 20.8. The Labute approximate surface area is 176 Å². The van der Waals surface area contributed by atoms with Crippen LogP contribution in [0.5, 0.6) is 0 Å². The minimum atomic E-state index is -1.33. The van der Waals surface area contributed by atoms with Crippen LogP contribution in [0.15, 0.2) is 121 Å². The van der Waals surface area contributed by atoms with Gasteiger partial charge in [0.15, 0.2) is 5.54 Å². The van der Waals surface area contributed by atoms with Crippen molar-refractivity contribution in [2.75, 3.05) is 4.90 Å². The number of anilines is 2. The van der Waals surface area contributed by atoms with Gasteiger partial charge in [-0.3, -0.25) is 0 Å². The third-order valence-electron chi connectivity index (χ3n) is 5.32. The molecular weight excluding hydrogens is 370 g/mol. The maximum Gasteiger partial charge on any atom is 0.334 e. The molecule has 0 fully saturated rings.